The average Bonchev–Trinajstić information content (AvgIpc) is 1.87. The maximum absolute atomic E-state index is 11.7. The van der Waals surface area contributed by atoms with Crippen molar-refractivity contribution in [2.24, 2.45) is 0 Å². The van der Waals surface area contributed by atoms with Crippen molar-refractivity contribution in [2.75, 3.05) is 7.05 Å². The number of allylic oxidation sites excluding steroid dienone is 1. The third-order valence-corrected chi connectivity index (χ3v) is 1.00. The van der Waals surface area contributed by atoms with E-state index < -0.39 is 12.1 Å². The zero-order valence-corrected chi connectivity index (χ0v) is 5.91. The number of hydrogen-bond acceptors (Lipinski definition) is 2. The second kappa shape index (κ2) is 3.98. The van der Waals surface area contributed by atoms with Crippen LogP contribution >= 0.6 is 0 Å². The summed E-state index contributed by atoms with van der Waals surface area (Å²) in [6, 6.07) is 0. The molecule has 0 heterocycles. The minimum absolute atomic E-state index is 0.262. The molecule has 2 nitrogen and oxygen atoms in total. The predicted octanol–water partition coefficient (Wildman–Crippen LogP) is 1.39. The molecule has 0 fully saturated rings. The molecule has 0 aromatic carbocycles. The van der Waals surface area contributed by atoms with Crippen LogP contribution < -0.4 is 5.32 Å². The molecule has 0 saturated carbocycles. The van der Waals surface area contributed by atoms with Crippen LogP contribution in [0.4, 0.5) is 8.78 Å². The lowest BCUT2D eigenvalue weighted by Crippen LogP contribution is -2.11. The van der Waals surface area contributed by atoms with Crippen LogP contribution in [0.5, 0.6) is 0 Å². The van der Waals surface area contributed by atoms with Crippen molar-refractivity contribution in [1.82, 2.24) is 5.32 Å². The predicted molar refractivity (Wildman–Crippen MR) is 36.5 cm³/mol. The van der Waals surface area contributed by atoms with Crippen LogP contribution in [0.3, 0.4) is 0 Å². The first-order chi connectivity index (χ1) is 4.59. The average molecular weight is 148 g/mol. The van der Waals surface area contributed by atoms with Crippen molar-refractivity contribution in [1.29, 1.82) is 5.41 Å². The van der Waals surface area contributed by atoms with Gasteiger partial charge in [-0.05, 0) is 12.5 Å². The van der Waals surface area contributed by atoms with Crippen LogP contribution in [0.2, 0.25) is 0 Å². The highest BCUT2D eigenvalue weighted by atomic mass is 19.3. The Kier molecular flexibility index (Phi) is 3.61. The minimum Gasteiger partial charge on any atom is -0.394 e. The van der Waals surface area contributed by atoms with Gasteiger partial charge in [0.2, 0.25) is 0 Å². The Morgan fingerprint density at radius 3 is 2.40 bits per heavy atom. The van der Waals surface area contributed by atoms with Crippen LogP contribution in [-0.4, -0.2) is 19.2 Å². The van der Waals surface area contributed by atoms with Gasteiger partial charge in [-0.15, -0.1) is 0 Å². The maximum atomic E-state index is 11.7. The minimum atomic E-state index is -2.68. The Balaban J connectivity index is 4.08. The van der Waals surface area contributed by atoms with E-state index in [-0.39, 0.29) is 5.57 Å². The number of halogens is 2. The van der Waals surface area contributed by atoms with E-state index in [1.807, 2.05) is 0 Å². The molecular formula is C6H10F2N2. The second-order valence-electron chi connectivity index (χ2n) is 1.83. The smallest absolute Gasteiger partial charge is 0.279 e. The Hall–Kier alpha value is -0.930. The van der Waals surface area contributed by atoms with Gasteiger partial charge in [-0.1, -0.05) is 0 Å². The molecule has 0 atom stereocenters. The molecule has 0 aliphatic rings. The summed E-state index contributed by atoms with van der Waals surface area (Å²) >= 11 is 0. The third kappa shape index (κ3) is 2.57. The zero-order valence-electron chi connectivity index (χ0n) is 5.91. The van der Waals surface area contributed by atoms with E-state index in [0.717, 1.165) is 0 Å². The van der Waals surface area contributed by atoms with E-state index in [0.29, 0.717) is 0 Å². The first kappa shape index (κ1) is 9.07. The molecule has 0 radical (unpaired) electrons. The summed E-state index contributed by atoms with van der Waals surface area (Å²) in [5.74, 6) is 0. The van der Waals surface area contributed by atoms with Gasteiger partial charge in [-0.25, -0.2) is 8.78 Å². The zero-order chi connectivity index (χ0) is 8.15. The lowest BCUT2D eigenvalue weighted by molar-refractivity contribution is 0.225. The summed E-state index contributed by atoms with van der Waals surface area (Å²) in [5.41, 5.74) is -0.369. The Morgan fingerprint density at radius 1 is 1.60 bits per heavy atom. The van der Waals surface area contributed by atoms with Gasteiger partial charge in [0.05, 0.1) is 0 Å². The van der Waals surface area contributed by atoms with Gasteiger partial charge in [-0.3, -0.25) is 5.41 Å². The van der Waals surface area contributed by atoms with E-state index in [4.69, 9.17) is 5.41 Å². The summed E-state index contributed by atoms with van der Waals surface area (Å²) < 4.78 is 23.4. The molecule has 58 valence electrons. The summed E-state index contributed by atoms with van der Waals surface area (Å²) in [6.07, 6.45) is -1.31. The molecule has 0 aromatic rings. The van der Waals surface area contributed by atoms with Crippen molar-refractivity contribution < 1.29 is 8.78 Å². The van der Waals surface area contributed by atoms with Crippen LogP contribution in [0.15, 0.2) is 11.8 Å². The number of hydrogen-bond donors (Lipinski definition) is 2. The van der Waals surface area contributed by atoms with Crippen molar-refractivity contribution >= 4 is 5.71 Å². The second-order valence-corrected chi connectivity index (χ2v) is 1.83. The monoisotopic (exact) mass is 148 g/mol. The normalized spacial score (nSPS) is 11.9. The van der Waals surface area contributed by atoms with Gasteiger partial charge in [0, 0.05) is 13.2 Å². The SMILES string of the molecule is CN/C=C(/C)C(=N)C(F)F. The summed E-state index contributed by atoms with van der Waals surface area (Å²) in [7, 11) is 1.60. The third-order valence-electron chi connectivity index (χ3n) is 1.00. The molecule has 0 saturated heterocycles. The molecule has 0 aromatic heterocycles. The lowest BCUT2D eigenvalue weighted by atomic mass is 10.2. The van der Waals surface area contributed by atoms with Crippen molar-refractivity contribution in [3.8, 4) is 0 Å². The topological polar surface area (TPSA) is 35.9 Å². The van der Waals surface area contributed by atoms with Crippen LogP contribution in [0, 0.1) is 5.41 Å². The molecular weight excluding hydrogens is 138 g/mol. The van der Waals surface area contributed by atoms with Crippen molar-refractivity contribution in [3.05, 3.63) is 11.8 Å². The molecule has 2 N–H and O–H groups in total. The lowest BCUT2D eigenvalue weighted by Gasteiger charge is -2.00. The Morgan fingerprint density at radius 2 is 2.10 bits per heavy atom. The van der Waals surface area contributed by atoms with Gasteiger partial charge in [0.15, 0.2) is 0 Å². The standard InChI is InChI=1S/C6H10F2N2/c1-4(3-10-2)5(9)6(7)8/h3,6,9-10H,1-2H3/b4-3-,9-5?. The summed E-state index contributed by atoms with van der Waals surface area (Å²) in [6.45, 7) is 1.46. The summed E-state index contributed by atoms with van der Waals surface area (Å²) in [4.78, 5) is 0. The van der Waals surface area contributed by atoms with E-state index in [2.05, 4.69) is 5.32 Å². The molecule has 0 amide bonds. The first-order valence-electron chi connectivity index (χ1n) is 2.80. The molecule has 0 rings (SSSR count). The Bertz CT molecular complexity index is 152. The fourth-order valence-electron chi connectivity index (χ4n) is 0.466. The molecule has 0 aliphatic carbocycles. The van der Waals surface area contributed by atoms with Gasteiger partial charge < -0.3 is 5.32 Å². The van der Waals surface area contributed by atoms with Crippen LogP contribution in [-0.2, 0) is 0 Å². The highest BCUT2D eigenvalue weighted by Crippen LogP contribution is 2.03. The van der Waals surface area contributed by atoms with Crippen LogP contribution in [0.25, 0.3) is 0 Å². The number of rotatable bonds is 3. The highest BCUT2D eigenvalue weighted by molar-refractivity contribution is 5.99. The fraction of sp³-hybridized carbons (Fsp3) is 0.500. The van der Waals surface area contributed by atoms with Crippen LogP contribution in [0.1, 0.15) is 6.92 Å². The van der Waals surface area contributed by atoms with Gasteiger partial charge in [0.1, 0.15) is 5.71 Å². The number of nitrogens with one attached hydrogen (secondary N) is 2. The van der Waals surface area contributed by atoms with Gasteiger partial charge in [-0.2, -0.15) is 0 Å². The number of alkyl halides is 2. The summed E-state index contributed by atoms with van der Waals surface area (Å²) in [5, 5.41) is 9.36. The van der Waals surface area contributed by atoms with Crippen molar-refractivity contribution in [2.45, 2.75) is 13.3 Å². The molecule has 4 heteroatoms. The quantitative estimate of drug-likeness (QED) is 0.583. The van der Waals surface area contributed by atoms with E-state index in [9.17, 15) is 8.78 Å². The first-order valence-corrected chi connectivity index (χ1v) is 2.80. The van der Waals surface area contributed by atoms with E-state index in [1.54, 1.807) is 7.05 Å². The molecule has 10 heavy (non-hydrogen) atoms. The fourth-order valence-corrected chi connectivity index (χ4v) is 0.466. The maximum Gasteiger partial charge on any atom is 0.279 e. The molecule has 0 bridgehead atoms. The Labute approximate surface area is 58.4 Å². The van der Waals surface area contributed by atoms with E-state index >= 15 is 0 Å². The van der Waals surface area contributed by atoms with E-state index in [1.165, 1.54) is 13.1 Å². The molecule has 0 spiro atoms. The van der Waals surface area contributed by atoms with Crippen molar-refractivity contribution in [3.63, 3.8) is 0 Å². The highest BCUT2D eigenvalue weighted by Gasteiger charge is 2.11. The largest absolute Gasteiger partial charge is 0.394 e. The van der Waals surface area contributed by atoms with Gasteiger partial charge in [0.25, 0.3) is 6.43 Å². The molecule has 0 aliphatic heterocycles. The van der Waals surface area contributed by atoms with Gasteiger partial charge >= 0.3 is 0 Å². The molecule has 0 unspecified atom stereocenters.